The van der Waals surface area contributed by atoms with E-state index in [4.69, 9.17) is 16.3 Å². The zero-order chi connectivity index (χ0) is 16.7. The molecule has 1 amide bonds. The second-order valence-corrected chi connectivity index (χ2v) is 6.13. The Kier molecular flexibility index (Phi) is 7.15. The van der Waals surface area contributed by atoms with Gasteiger partial charge in [-0.2, -0.15) is 0 Å². The molecule has 0 aliphatic carbocycles. The summed E-state index contributed by atoms with van der Waals surface area (Å²) >= 11 is 6.17. The lowest BCUT2D eigenvalue weighted by Gasteiger charge is -2.33. The second-order valence-electron chi connectivity index (χ2n) is 5.72. The molecule has 128 valence electrons. The van der Waals surface area contributed by atoms with Crippen molar-refractivity contribution in [1.82, 2.24) is 15.1 Å². The van der Waals surface area contributed by atoms with E-state index in [9.17, 15) is 4.79 Å². The van der Waals surface area contributed by atoms with Crippen LogP contribution in [0.4, 0.5) is 0 Å². The molecule has 0 bridgehead atoms. The van der Waals surface area contributed by atoms with Crippen molar-refractivity contribution in [3.63, 3.8) is 0 Å². The number of hydrogen-bond acceptors (Lipinski definition) is 4. The van der Waals surface area contributed by atoms with Gasteiger partial charge < -0.3 is 19.9 Å². The minimum Gasteiger partial charge on any atom is -0.496 e. The van der Waals surface area contributed by atoms with Gasteiger partial charge in [-0.15, -0.1) is 0 Å². The third-order valence-corrected chi connectivity index (χ3v) is 4.68. The Morgan fingerprint density at radius 3 is 2.61 bits per heavy atom. The maximum absolute atomic E-state index is 12.1. The number of rotatable bonds is 7. The summed E-state index contributed by atoms with van der Waals surface area (Å²) in [6.07, 6.45) is 0.513. The predicted molar refractivity (Wildman–Crippen MR) is 93.0 cm³/mol. The van der Waals surface area contributed by atoms with E-state index in [1.165, 1.54) is 0 Å². The molecule has 0 aromatic heterocycles. The van der Waals surface area contributed by atoms with Crippen LogP contribution < -0.4 is 10.1 Å². The number of benzene rings is 1. The normalized spacial score (nSPS) is 16.3. The molecule has 0 saturated carbocycles. The van der Waals surface area contributed by atoms with Gasteiger partial charge in [0, 0.05) is 56.3 Å². The summed E-state index contributed by atoms with van der Waals surface area (Å²) in [5.74, 6) is 0.749. The molecule has 1 aromatic rings. The molecule has 1 saturated heterocycles. The highest BCUT2D eigenvalue weighted by atomic mass is 35.5. The van der Waals surface area contributed by atoms with Crippen molar-refractivity contribution in [3.8, 4) is 5.75 Å². The Hall–Kier alpha value is -1.30. The first kappa shape index (κ1) is 18.0. The summed E-state index contributed by atoms with van der Waals surface area (Å²) < 4.78 is 5.29. The first-order valence-electron chi connectivity index (χ1n) is 8.16. The topological polar surface area (TPSA) is 44.8 Å². The Labute approximate surface area is 143 Å². The average molecular weight is 340 g/mol. The predicted octanol–water partition coefficient (Wildman–Crippen LogP) is 1.99. The molecule has 0 spiro atoms. The molecule has 0 unspecified atom stereocenters. The summed E-state index contributed by atoms with van der Waals surface area (Å²) in [6.45, 7) is 8.76. The lowest BCUT2D eigenvalue weighted by Crippen LogP contribution is -2.46. The second kappa shape index (κ2) is 9.11. The van der Waals surface area contributed by atoms with Crippen molar-refractivity contribution >= 4 is 17.5 Å². The highest BCUT2D eigenvalue weighted by Crippen LogP contribution is 2.25. The van der Waals surface area contributed by atoms with E-state index in [2.05, 4.69) is 22.0 Å². The molecule has 23 heavy (non-hydrogen) atoms. The molecule has 1 aliphatic rings. The molecule has 5 nitrogen and oxygen atoms in total. The molecular weight excluding hydrogens is 314 g/mol. The quantitative estimate of drug-likeness (QED) is 0.825. The summed E-state index contributed by atoms with van der Waals surface area (Å²) in [6, 6.07) is 5.49. The maximum Gasteiger partial charge on any atom is 0.221 e. The Morgan fingerprint density at radius 2 is 1.96 bits per heavy atom. The van der Waals surface area contributed by atoms with Crippen LogP contribution in [0.25, 0.3) is 0 Å². The molecule has 1 N–H and O–H groups in total. The molecule has 1 aromatic carbocycles. The van der Waals surface area contributed by atoms with E-state index in [0.717, 1.165) is 44.8 Å². The maximum atomic E-state index is 12.1. The van der Waals surface area contributed by atoms with Gasteiger partial charge in [-0.05, 0) is 18.7 Å². The van der Waals surface area contributed by atoms with Crippen molar-refractivity contribution in [3.05, 3.63) is 28.8 Å². The van der Waals surface area contributed by atoms with E-state index in [-0.39, 0.29) is 5.91 Å². The molecule has 2 rings (SSSR count). The number of ether oxygens (including phenoxy) is 1. The van der Waals surface area contributed by atoms with Gasteiger partial charge in [-0.1, -0.05) is 24.6 Å². The van der Waals surface area contributed by atoms with Gasteiger partial charge in [0.1, 0.15) is 5.75 Å². The van der Waals surface area contributed by atoms with Gasteiger partial charge in [0.15, 0.2) is 0 Å². The van der Waals surface area contributed by atoms with Gasteiger partial charge >= 0.3 is 0 Å². The Balaban J connectivity index is 1.74. The number of methoxy groups -OCH3 is 1. The number of hydrogen-bond donors (Lipinski definition) is 1. The SMILES string of the molecule is CCN1CCN(CCC(=O)NCc2c(Cl)cccc2OC)CC1. The van der Waals surface area contributed by atoms with Crippen LogP contribution in [0.15, 0.2) is 18.2 Å². The van der Waals surface area contributed by atoms with E-state index in [0.29, 0.717) is 23.7 Å². The first-order valence-corrected chi connectivity index (χ1v) is 8.54. The summed E-state index contributed by atoms with van der Waals surface area (Å²) in [5, 5.41) is 3.54. The van der Waals surface area contributed by atoms with Crippen molar-refractivity contribution in [2.75, 3.05) is 46.4 Å². The molecular formula is C17H26ClN3O2. The van der Waals surface area contributed by atoms with Crippen LogP contribution in [-0.4, -0.2) is 62.1 Å². The fourth-order valence-electron chi connectivity index (χ4n) is 2.77. The molecule has 0 radical (unpaired) electrons. The number of carbonyl (C=O) groups excluding carboxylic acids is 1. The highest BCUT2D eigenvalue weighted by molar-refractivity contribution is 6.31. The van der Waals surface area contributed by atoms with Gasteiger partial charge in [-0.3, -0.25) is 4.79 Å². The number of halogens is 1. The summed E-state index contributed by atoms with van der Waals surface area (Å²) in [4.78, 5) is 16.8. The van der Waals surface area contributed by atoms with Gasteiger partial charge in [-0.25, -0.2) is 0 Å². The number of nitrogens with one attached hydrogen (secondary N) is 1. The lowest BCUT2D eigenvalue weighted by molar-refractivity contribution is -0.121. The third kappa shape index (κ3) is 5.37. The zero-order valence-electron chi connectivity index (χ0n) is 14.0. The van der Waals surface area contributed by atoms with Crippen LogP contribution in [0.3, 0.4) is 0 Å². The molecule has 1 heterocycles. The third-order valence-electron chi connectivity index (χ3n) is 4.33. The summed E-state index contributed by atoms with van der Waals surface area (Å²) in [7, 11) is 1.60. The van der Waals surface area contributed by atoms with E-state index in [1.54, 1.807) is 13.2 Å². The van der Waals surface area contributed by atoms with E-state index >= 15 is 0 Å². The average Bonchev–Trinajstić information content (AvgIpc) is 2.59. The zero-order valence-corrected chi connectivity index (χ0v) is 14.7. The van der Waals surface area contributed by atoms with E-state index in [1.807, 2.05) is 12.1 Å². The Bertz CT molecular complexity index is 517. The van der Waals surface area contributed by atoms with Crippen molar-refractivity contribution in [2.24, 2.45) is 0 Å². The molecule has 6 heteroatoms. The molecule has 1 fully saturated rings. The number of nitrogens with zero attached hydrogens (tertiary/aromatic N) is 2. The summed E-state index contributed by atoms with van der Waals surface area (Å²) in [5.41, 5.74) is 0.821. The molecule has 0 atom stereocenters. The smallest absolute Gasteiger partial charge is 0.221 e. The minimum absolute atomic E-state index is 0.0462. The standard InChI is InChI=1S/C17H26ClN3O2/c1-3-20-9-11-21(12-10-20)8-7-17(22)19-13-14-15(18)5-4-6-16(14)23-2/h4-6H,3,7-13H2,1-2H3,(H,19,22). The van der Waals surface area contributed by atoms with Gasteiger partial charge in [0.25, 0.3) is 0 Å². The van der Waals surface area contributed by atoms with E-state index < -0.39 is 0 Å². The van der Waals surface area contributed by atoms with Gasteiger partial charge in [0.05, 0.1) is 7.11 Å². The largest absolute Gasteiger partial charge is 0.496 e. The fraction of sp³-hybridized carbons (Fsp3) is 0.588. The van der Waals surface area contributed by atoms with Crippen LogP contribution in [-0.2, 0) is 11.3 Å². The van der Waals surface area contributed by atoms with Crippen LogP contribution in [0, 0.1) is 0 Å². The fourth-order valence-corrected chi connectivity index (χ4v) is 3.00. The first-order chi connectivity index (χ1) is 11.1. The number of amides is 1. The van der Waals surface area contributed by atoms with Crippen molar-refractivity contribution < 1.29 is 9.53 Å². The minimum atomic E-state index is 0.0462. The van der Waals surface area contributed by atoms with Gasteiger partial charge in [0.2, 0.25) is 5.91 Å². The van der Waals surface area contributed by atoms with Crippen LogP contribution in [0.5, 0.6) is 5.75 Å². The van der Waals surface area contributed by atoms with Crippen molar-refractivity contribution in [2.45, 2.75) is 19.9 Å². The van der Waals surface area contributed by atoms with Crippen LogP contribution in [0.2, 0.25) is 5.02 Å². The number of likely N-dealkylation sites (N-methyl/N-ethyl adjacent to an activating group) is 1. The van der Waals surface area contributed by atoms with Crippen LogP contribution in [0.1, 0.15) is 18.9 Å². The van der Waals surface area contributed by atoms with Crippen molar-refractivity contribution in [1.29, 1.82) is 0 Å². The molecule has 1 aliphatic heterocycles. The highest BCUT2D eigenvalue weighted by Gasteiger charge is 2.16. The Morgan fingerprint density at radius 1 is 1.26 bits per heavy atom. The lowest BCUT2D eigenvalue weighted by atomic mass is 10.2. The monoisotopic (exact) mass is 339 g/mol. The van der Waals surface area contributed by atoms with Crippen LogP contribution >= 0.6 is 11.6 Å². The number of carbonyl (C=O) groups is 1. The number of piperazine rings is 1.